The molecule has 1 fully saturated rings. The van der Waals surface area contributed by atoms with Gasteiger partial charge in [0.2, 0.25) is 0 Å². The van der Waals surface area contributed by atoms with Crippen LogP contribution >= 0.6 is 27.7 Å². The third-order valence-corrected chi connectivity index (χ3v) is 5.40. The zero-order chi connectivity index (χ0) is 23.1. The molecule has 1 aliphatic heterocycles. The molecular weight excluding hydrogens is 502 g/mol. The molecule has 2 aromatic rings. The predicted octanol–water partition coefficient (Wildman–Crippen LogP) is 3.29. The van der Waals surface area contributed by atoms with Gasteiger partial charge in [-0.2, -0.15) is 5.10 Å². The molecule has 0 aromatic heterocycles. The minimum Gasteiger partial charge on any atom is -0.493 e. The first-order chi connectivity index (χ1) is 15.4. The van der Waals surface area contributed by atoms with E-state index in [9.17, 15) is 14.4 Å². The van der Waals surface area contributed by atoms with E-state index >= 15 is 0 Å². The van der Waals surface area contributed by atoms with Gasteiger partial charge in [0, 0.05) is 6.08 Å². The Morgan fingerprint density at radius 3 is 2.59 bits per heavy atom. The van der Waals surface area contributed by atoms with Crippen LogP contribution in [0.25, 0.3) is 0 Å². The van der Waals surface area contributed by atoms with Crippen molar-refractivity contribution in [3.05, 3.63) is 69.0 Å². The number of esters is 2. The van der Waals surface area contributed by atoms with Gasteiger partial charge in [-0.1, -0.05) is 18.2 Å². The molecule has 3 rings (SSSR count). The summed E-state index contributed by atoms with van der Waals surface area (Å²) in [6.45, 7) is 0. The first kappa shape index (κ1) is 23.2. The number of hydrogen-bond donors (Lipinski definition) is 1. The van der Waals surface area contributed by atoms with Gasteiger partial charge >= 0.3 is 11.9 Å². The molecule has 32 heavy (non-hydrogen) atoms. The Kier molecular flexibility index (Phi) is 7.79. The molecule has 2 aromatic carbocycles. The first-order valence-corrected chi connectivity index (χ1v) is 10.6. The minimum atomic E-state index is -0.641. The van der Waals surface area contributed by atoms with Gasteiger partial charge in [-0.15, -0.1) is 5.10 Å². The van der Waals surface area contributed by atoms with E-state index in [-0.39, 0.29) is 15.8 Å². The highest BCUT2D eigenvalue weighted by atomic mass is 79.9. The van der Waals surface area contributed by atoms with E-state index in [1.807, 2.05) is 0 Å². The SMILES string of the molecule is COC(=O)/C=C1/S/C(=N\N=Cc2cc(Br)c(OC(=O)c3ccccc3)c(OC)c2)NC1=O. The fourth-order valence-electron chi connectivity index (χ4n) is 2.43. The lowest BCUT2D eigenvalue weighted by molar-refractivity contribution is -0.135. The molecule has 1 N–H and O–H groups in total. The van der Waals surface area contributed by atoms with E-state index in [4.69, 9.17) is 9.47 Å². The van der Waals surface area contributed by atoms with E-state index in [0.29, 0.717) is 21.3 Å². The van der Waals surface area contributed by atoms with Crippen molar-refractivity contribution in [3.8, 4) is 11.5 Å². The van der Waals surface area contributed by atoms with Crippen molar-refractivity contribution < 1.29 is 28.6 Å². The Bertz CT molecular complexity index is 1150. The number of hydrogen-bond acceptors (Lipinski definition) is 9. The number of amides is 1. The van der Waals surface area contributed by atoms with Crippen LogP contribution in [0.4, 0.5) is 0 Å². The van der Waals surface area contributed by atoms with Crippen LogP contribution in [0.3, 0.4) is 0 Å². The smallest absolute Gasteiger partial charge is 0.343 e. The number of halogens is 1. The number of rotatable bonds is 6. The van der Waals surface area contributed by atoms with Gasteiger partial charge in [-0.3, -0.25) is 10.1 Å². The van der Waals surface area contributed by atoms with E-state index in [1.165, 1.54) is 20.4 Å². The summed E-state index contributed by atoms with van der Waals surface area (Å²) in [5.74, 6) is -1.10. The van der Waals surface area contributed by atoms with Gasteiger partial charge in [0.15, 0.2) is 16.7 Å². The van der Waals surface area contributed by atoms with E-state index in [1.54, 1.807) is 42.5 Å². The zero-order valence-corrected chi connectivity index (χ0v) is 19.2. The number of carbonyl (C=O) groups excluding carboxylic acids is 3. The Labute approximate surface area is 195 Å². The summed E-state index contributed by atoms with van der Waals surface area (Å²) in [5, 5.41) is 10.6. The number of amidine groups is 1. The highest BCUT2D eigenvalue weighted by Crippen LogP contribution is 2.37. The Morgan fingerprint density at radius 1 is 1.16 bits per heavy atom. The molecule has 1 aliphatic rings. The van der Waals surface area contributed by atoms with Crippen LogP contribution in [-0.4, -0.2) is 43.4 Å². The topological polar surface area (TPSA) is 116 Å². The molecule has 164 valence electrons. The first-order valence-electron chi connectivity index (χ1n) is 8.96. The number of nitrogens with zero attached hydrogens (tertiary/aromatic N) is 2. The largest absolute Gasteiger partial charge is 0.493 e. The highest BCUT2D eigenvalue weighted by Gasteiger charge is 2.25. The van der Waals surface area contributed by atoms with Crippen LogP contribution in [0.15, 0.2) is 68.1 Å². The van der Waals surface area contributed by atoms with Crippen LogP contribution in [-0.2, 0) is 14.3 Å². The summed E-state index contributed by atoms with van der Waals surface area (Å²) in [4.78, 5) is 35.6. The summed E-state index contributed by atoms with van der Waals surface area (Å²) in [7, 11) is 2.67. The second-order valence-corrected chi connectivity index (χ2v) is 7.91. The second-order valence-electron chi connectivity index (χ2n) is 6.03. The number of methoxy groups -OCH3 is 2. The Hall–Kier alpha value is -3.44. The molecule has 11 heteroatoms. The van der Waals surface area contributed by atoms with Crippen LogP contribution in [0.5, 0.6) is 11.5 Å². The van der Waals surface area contributed by atoms with Gasteiger partial charge in [-0.05, 0) is 57.5 Å². The van der Waals surface area contributed by atoms with Crippen molar-refractivity contribution in [3.63, 3.8) is 0 Å². The highest BCUT2D eigenvalue weighted by molar-refractivity contribution is 9.10. The fourth-order valence-corrected chi connectivity index (χ4v) is 3.71. The van der Waals surface area contributed by atoms with Crippen LogP contribution in [0.1, 0.15) is 15.9 Å². The summed E-state index contributed by atoms with van der Waals surface area (Å²) in [6, 6.07) is 11.9. The second kappa shape index (κ2) is 10.7. The summed E-state index contributed by atoms with van der Waals surface area (Å²) in [6.07, 6.45) is 2.50. The van der Waals surface area contributed by atoms with Crippen molar-refractivity contribution in [1.29, 1.82) is 0 Å². The molecule has 0 spiro atoms. The summed E-state index contributed by atoms with van der Waals surface area (Å²) >= 11 is 4.34. The maximum absolute atomic E-state index is 12.4. The number of benzene rings is 2. The molecule has 0 bridgehead atoms. The van der Waals surface area contributed by atoms with Gasteiger partial charge in [-0.25, -0.2) is 9.59 Å². The quantitative estimate of drug-likeness (QED) is 0.205. The monoisotopic (exact) mass is 517 g/mol. The minimum absolute atomic E-state index is 0.153. The lowest BCUT2D eigenvalue weighted by Crippen LogP contribution is -2.19. The molecule has 9 nitrogen and oxygen atoms in total. The molecule has 0 radical (unpaired) electrons. The molecular formula is C21H16BrN3O6S. The third kappa shape index (κ3) is 5.83. The van der Waals surface area contributed by atoms with Crippen molar-refractivity contribution in [2.75, 3.05) is 14.2 Å². The number of carbonyl (C=O) groups is 3. The van der Waals surface area contributed by atoms with Crippen molar-refractivity contribution in [1.82, 2.24) is 5.32 Å². The van der Waals surface area contributed by atoms with Crippen molar-refractivity contribution in [2.45, 2.75) is 0 Å². The molecule has 0 aliphatic carbocycles. The molecule has 1 amide bonds. The zero-order valence-electron chi connectivity index (χ0n) is 16.8. The fraction of sp³-hybridized carbons (Fsp3) is 0.0952. The average molecular weight is 518 g/mol. The molecule has 1 saturated heterocycles. The average Bonchev–Trinajstić information content (AvgIpc) is 3.14. The standard InChI is InChI=1S/C21H16BrN3O6S/c1-29-15-9-12(8-14(22)18(15)31-20(28)13-6-4-3-5-7-13)11-23-25-21-24-19(27)16(32-21)10-17(26)30-2/h3-11H,1-2H3,(H,24,25,27)/b16-10+,23-11?. The van der Waals surface area contributed by atoms with Crippen molar-refractivity contribution >= 4 is 56.9 Å². The third-order valence-electron chi connectivity index (χ3n) is 3.91. The predicted molar refractivity (Wildman–Crippen MR) is 123 cm³/mol. The lowest BCUT2D eigenvalue weighted by atomic mass is 10.2. The maximum atomic E-state index is 12.4. The molecule has 1 heterocycles. The Morgan fingerprint density at radius 2 is 1.91 bits per heavy atom. The maximum Gasteiger partial charge on any atom is 0.343 e. The normalized spacial score (nSPS) is 15.8. The summed E-state index contributed by atoms with van der Waals surface area (Å²) < 4.78 is 15.8. The number of ether oxygens (including phenoxy) is 3. The number of thioether (sulfide) groups is 1. The number of nitrogens with one attached hydrogen (secondary N) is 1. The van der Waals surface area contributed by atoms with Gasteiger partial charge < -0.3 is 14.2 Å². The molecule has 0 atom stereocenters. The summed E-state index contributed by atoms with van der Waals surface area (Å²) in [5.41, 5.74) is 0.997. The van der Waals surface area contributed by atoms with Gasteiger partial charge in [0.05, 0.1) is 35.4 Å². The van der Waals surface area contributed by atoms with E-state index < -0.39 is 17.8 Å². The van der Waals surface area contributed by atoms with Gasteiger partial charge in [0.1, 0.15) is 0 Å². The van der Waals surface area contributed by atoms with E-state index in [2.05, 4.69) is 36.2 Å². The van der Waals surface area contributed by atoms with Gasteiger partial charge in [0.25, 0.3) is 5.91 Å². The van der Waals surface area contributed by atoms with Crippen molar-refractivity contribution in [2.24, 2.45) is 10.2 Å². The lowest BCUT2D eigenvalue weighted by Gasteiger charge is -2.12. The van der Waals surface area contributed by atoms with E-state index in [0.717, 1.165) is 17.8 Å². The van der Waals surface area contributed by atoms with Crippen LogP contribution in [0, 0.1) is 0 Å². The molecule has 0 unspecified atom stereocenters. The van der Waals surface area contributed by atoms with Crippen LogP contribution < -0.4 is 14.8 Å². The van der Waals surface area contributed by atoms with Crippen LogP contribution in [0.2, 0.25) is 0 Å². The molecule has 0 saturated carbocycles. The Balaban J connectivity index is 1.75.